The van der Waals surface area contributed by atoms with E-state index in [0.29, 0.717) is 29.8 Å². The summed E-state index contributed by atoms with van der Waals surface area (Å²) < 4.78 is 10.6. The van der Waals surface area contributed by atoms with Crippen LogP contribution in [0.2, 0.25) is 0 Å². The van der Waals surface area contributed by atoms with Crippen molar-refractivity contribution in [3.05, 3.63) is 23.8 Å². The zero-order chi connectivity index (χ0) is 17.5. The van der Waals surface area contributed by atoms with E-state index in [1.54, 1.807) is 14.2 Å². The predicted molar refractivity (Wildman–Crippen MR) is 95.5 cm³/mol. The molecule has 1 heterocycles. The van der Waals surface area contributed by atoms with Crippen molar-refractivity contribution in [2.75, 3.05) is 27.3 Å². The van der Waals surface area contributed by atoms with E-state index >= 15 is 0 Å². The Morgan fingerprint density at radius 1 is 1.21 bits per heavy atom. The summed E-state index contributed by atoms with van der Waals surface area (Å²) in [6, 6.07) is 5.69. The fourth-order valence-corrected chi connectivity index (χ4v) is 3.38. The van der Waals surface area contributed by atoms with Gasteiger partial charge in [0.1, 0.15) is 0 Å². The van der Waals surface area contributed by atoms with Gasteiger partial charge in [-0.3, -0.25) is 4.79 Å². The number of benzene rings is 1. The quantitative estimate of drug-likeness (QED) is 0.805. The number of hydrogen-bond acceptors (Lipinski definition) is 4. The maximum atomic E-state index is 12.4. The molecule has 24 heavy (non-hydrogen) atoms. The van der Waals surface area contributed by atoms with Crippen LogP contribution in [-0.4, -0.2) is 33.2 Å². The molecule has 2 unspecified atom stereocenters. The molecule has 1 aliphatic heterocycles. The lowest BCUT2D eigenvalue weighted by Gasteiger charge is -2.28. The topological polar surface area (TPSA) is 59.6 Å². The second kappa shape index (κ2) is 8.92. The van der Waals surface area contributed by atoms with Gasteiger partial charge in [-0.2, -0.15) is 0 Å². The zero-order valence-electron chi connectivity index (χ0n) is 15.2. The molecular weight excluding hydrogens is 304 g/mol. The molecule has 1 aliphatic rings. The Hall–Kier alpha value is -1.75. The third-order valence-electron chi connectivity index (χ3n) is 4.98. The molecular formula is C19H30N2O3. The van der Waals surface area contributed by atoms with E-state index in [1.165, 1.54) is 12.8 Å². The summed E-state index contributed by atoms with van der Waals surface area (Å²) in [6.07, 6.45) is 2.92. The number of methoxy groups -OCH3 is 2. The van der Waals surface area contributed by atoms with Crippen LogP contribution >= 0.6 is 0 Å². The fraction of sp³-hybridized carbons (Fsp3) is 0.632. The van der Waals surface area contributed by atoms with Crippen molar-refractivity contribution in [1.29, 1.82) is 0 Å². The van der Waals surface area contributed by atoms with Gasteiger partial charge in [0.25, 0.3) is 0 Å². The predicted octanol–water partition coefficient (Wildman–Crippen LogP) is 2.91. The standard InChI is InChI=1S/C19H30N2O3/c1-13(15-7-9-20-10-8-15)11-19(22)21-14(2)16-5-6-17(23-3)18(12-16)24-4/h5-6,12-15,20H,7-11H2,1-4H3,(H,21,22). The fourth-order valence-electron chi connectivity index (χ4n) is 3.38. The number of ether oxygens (including phenoxy) is 2. The average molecular weight is 334 g/mol. The van der Waals surface area contributed by atoms with Gasteiger partial charge in [-0.25, -0.2) is 0 Å². The summed E-state index contributed by atoms with van der Waals surface area (Å²) in [5, 5.41) is 6.48. The van der Waals surface area contributed by atoms with Gasteiger partial charge in [0, 0.05) is 6.42 Å². The first kappa shape index (κ1) is 18.6. The van der Waals surface area contributed by atoms with Crippen LogP contribution in [0.1, 0.15) is 44.7 Å². The Morgan fingerprint density at radius 2 is 1.88 bits per heavy atom. The Bertz CT molecular complexity index is 541. The Labute approximate surface area is 145 Å². The second-order valence-electron chi connectivity index (χ2n) is 6.67. The molecule has 0 saturated carbocycles. The van der Waals surface area contributed by atoms with E-state index in [0.717, 1.165) is 18.7 Å². The van der Waals surface area contributed by atoms with Crippen LogP contribution in [0.4, 0.5) is 0 Å². The minimum absolute atomic E-state index is 0.0578. The molecule has 0 spiro atoms. The summed E-state index contributed by atoms with van der Waals surface area (Å²) in [4.78, 5) is 12.4. The van der Waals surface area contributed by atoms with Crippen molar-refractivity contribution in [3.63, 3.8) is 0 Å². The number of rotatable bonds is 7. The van der Waals surface area contributed by atoms with Gasteiger partial charge in [-0.15, -0.1) is 0 Å². The molecule has 0 bridgehead atoms. The molecule has 0 aliphatic carbocycles. The van der Waals surface area contributed by atoms with Crippen molar-refractivity contribution in [3.8, 4) is 11.5 Å². The van der Waals surface area contributed by atoms with E-state index in [-0.39, 0.29) is 11.9 Å². The monoisotopic (exact) mass is 334 g/mol. The molecule has 1 amide bonds. The third kappa shape index (κ3) is 4.87. The number of hydrogen-bond donors (Lipinski definition) is 2. The van der Waals surface area contributed by atoms with E-state index < -0.39 is 0 Å². The van der Waals surface area contributed by atoms with Crippen molar-refractivity contribution in [2.24, 2.45) is 11.8 Å². The van der Waals surface area contributed by atoms with Crippen molar-refractivity contribution < 1.29 is 14.3 Å². The Balaban J connectivity index is 1.91. The second-order valence-corrected chi connectivity index (χ2v) is 6.67. The van der Waals surface area contributed by atoms with Crippen LogP contribution < -0.4 is 20.1 Å². The zero-order valence-corrected chi connectivity index (χ0v) is 15.2. The van der Waals surface area contributed by atoms with Gasteiger partial charge in [0.05, 0.1) is 20.3 Å². The van der Waals surface area contributed by atoms with Crippen LogP contribution in [0.25, 0.3) is 0 Å². The van der Waals surface area contributed by atoms with E-state index in [9.17, 15) is 4.79 Å². The molecule has 5 nitrogen and oxygen atoms in total. The highest BCUT2D eigenvalue weighted by Crippen LogP contribution is 2.30. The summed E-state index contributed by atoms with van der Waals surface area (Å²) in [7, 11) is 3.23. The molecule has 1 saturated heterocycles. The summed E-state index contributed by atoms with van der Waals surface area (Å²) in [5.74, 6) is 2.56. The molecule has 1 fully saturated rings. The lowest BCUT2D eigenvalue weighted by atomic mass is 9.84. The van der Waals surface area contributed by atoms with Crippen LogP contribution in [0.15, 0.2) is 18.2 Å². The molecule has 1 aromatic carbocycles. The Morgan fingerprint density at radius 3 is 2.50 bits per heavy atom. The maximum absolute atomic E-state index is 12.4. The normalized spacial score (nSPS) is 17.8. The van der Waals surface area contributed by atoms with Crippen LogP contribution in [0.3, 0.4) is 0 Å². The summed E-state index contributed by atoms with van der Waals surface area (Å²) in [6.45, 7) is 6.32. The van der Waals surface area contributed by atoms with Crippen LogP contribution in [0.5, 0.6) is 11.5 Å². The first-order chi connectivity index (χ1) is 11.5. The highest BCUT2D eigenvalue weighted by molar-refractivity contribution is 5.76. The highest BCUT2D eigenvalue weighted by Gasteiger charge is 2.22. The molecule has 2 atom stereocenters. The largest absolute Gasteiger partial charge is 0.493 e. The molecule has 1 aromatic rings. The molecule has 2 N–H and O–H groups in total. The molecule has 0 aromatic heterocycles. The number of amides is 1. The van der Waals surface area contributed by atoms with E-state index in [4.69, 9.17) is 9.47 Å². The summed E-state index contributed by atoms with van der Waals surface area (Å²) in [5.41, 5.74) is 1.01. The van der Waals surface area contributed by atoms with Gasteiger partial charge in [0.2, 0.25) is 5.91 Å². The van der Waals surface area contributed by atoms with E-state index in [2.05, 4.69) is 17.6 Å². The van der Waals surface area contributed by atoms with Gasteiger partial charge in [-0.1, -0.05) is 13.0 Å². The lowest BCUT2D eigenvalue weighted by Crippen LogP contribution is -2.34. The first-order valence-corrected chi connectivity index (χ1v) is 8.77. The molecule has 0 radical (unpaired) electrons. The van der Waals surface area contributed by atoms with Gasteiger partial charge >= 0.3 is 0 Å². The van der Waals surface area contributed by atoms with Crippen molar-refractivity contribution in [2.45, 2.75) is 39.2 Å². The third-order valence-corrected chi connectivity index (χ3v) is 4.98. The molecule has 5 heteroatoms. The minimum atomic E-state index is -0.0578. The SMILES string of the molecule is COc1ccc(C(C)NC(=O)CC(C)C2CCNCC2)cc1OC. The Kier molecular flexibility index (Phi) is 6.91. The molecule has 2 rings (SSSR count). The van der Waals surface area contributed by atoms with Gasteiger partial charge < -0.3 is 20.1 Å². The number of carbonyl (C=O) groups is 1. The smallest absolute Gasteiger partial charge is 0.220 e. The number of piperidine rings is 1. The highest BCUT2D eigenvalue weighted by atomic mass is 16.5. The van der Waals surface area contributed by atoms with Crippen LogP contribution in [0, 0.1) is 11.8 Å². The van der Waals surface area contributed by atoms with Crippen LogP contribution in [-0.2, 0) is 4.79 Å². The van der Waals surface area contributed by atoms with Crippen molar-refractivity contribution in [1.82, 2.24) is 10.6 Å². The van der Waals surface area contributed by atoms with Gasteiger partial charge in [-0.05, 0) is 62.4 Å². The van der Waals surface area contributed by atoms with Gasteiger partial charge in [0.15, 0.2) is 11.5 Å². The summed E-state index contributed by atoms with van der Waals surface area (Å²) >= 11 is 0. The van der Waals surface area contributed by atoms with Crippen molar-refractivity contribution >= 4 is 5.91 Å². The number of nitrogens with one attached hydrogen (secondary N) is 2. The first-order valence-electron chi connectivity index (χ1n) is 8.77. The maximum Gasteiger partial charge on any atom is 0.220 e. The lowest BCUT2D eigenvalue weighted by molar-refractivity contribution is -0.123. The average Bonchev–Trinajstić information content (AvgIpc) is 2.61. The molecule has 134 valence electrons. The number of carbonyl (C=O) groups excluding carboxylic acids is 1. The van der Waals surface area contributed by atoms with E-state index in [1.807, 2.05) is 25.1 Å². The minimum Gasteiger partial charge on any atom is -0.493 e.